The molecule has 7 nitrogen and oxygen atoms in total. The Hall–Kier alpha value is -2.15. The largest absolute Gasteiger partial charge is 0.356 e. The minimum absolute atomic E-state index is 0.138. The van der Waals surface area contributed by atoms with Crippen LogP contribution < -0.4 is 16.0 Å². The normalized spacial score (nSPS) is 18.1. The van der Waals surface area contributed by atoms with E-state index in [-0.39, 0.29) is 24.2 Å². The maximum absolute atomic E-state index is 11.7. The van der Waals surface area contributed by atoms with Gasteiger partial charge in [0, 0.05) is 25.2 Å². The van der Waals surface area contributed by atoms with Crippen LogP contribution in [-0.2, 0) is 14.4 Å². The van der Waals surface area contributed by atoms with Crippen molar-refractivity contribution in [1.29, 1.82) is 0 Å². The molecule has 0 aliphatic carbocycles. The van der Waals surface area contributed by atoms with Crippen LogP contribution in [0, 0.1) is 0 Å². The van der Waals surface area contributed by atoms with Gasteiger partial charge in [0.15, 0.2) is 0 Å². The first kappa shape index (κ1) is 14.3. The first-order chi connectivity index (χ1) is 9.54. The summed E-state index contributed by atoms with van der Waals surface area (Å²) in [4.78, 5) is 38.4. The third kappa shape index (κ3) is 3.92. The van der Waals surface area contributed by atoms with E-state index >= 15 is 0 Å². The average molecular weight is 297 g/mol. The highest BCUT2D eigenvalue weighted by Crippen LogP contribution is 2.09. The summed E-state index contributed by atoms with van der Waals surface area (Å²) >= 11 is 5.66. The standard InChI is InChI=1S/C12H13ClN4O3/c13-7-1-2-9(15-6-7)17-12(20)11(19)16-8-3-4-14-10(18)5-8/h1-2,6,8H,3-5H2,(H,14,18)(H,16,19)(H,15,17,20). The summed E-state index contributed by atoms with van der Waals surface area (Å²) in [6, 6.07) is 2.72. The van der Waals surface area contributed by atoms with E-state index in [1.165, 1.54) is 12.3 Å². The van der Waals surface area contributed by atoms with E-state index in [1.807, 2.05) is 0 Å². The maximum atomic E-state index is 11.7. The predicted octanol–water partition coefficient (Wildman–Crippen LogP) is 0.0683. The highest BCUT2D eigenvalue weighted by molar-refractivity contribution is 6.39. The average Bonchev–Trinajstić information content (AvgIpc) is 2.41. The van der Waals surface area contributed by atoms with Gasteiger partial charge in [0.2, 0.25) is 5.91 Å². The molecule has 3 N–H and O–H groups in total. The van der Waals surface area contributed by atoms with Gasteiger partial charge in [-0.15, -0.1) is 0 Å². The Morgan fingerprint density at radius 3 is 2.80 bits per heavy atom. The van der Waals surface area contributed by atoms with Crippen molar-refractivity contribution in [1.82, 2.24) is 15.6 Å². The van der Waals surface area contributed by atoms with Crippen molar-refractivity contribution in [2.24, 2.45) is 0 Å². The minimum atomic E-state index is -0.828. The Morgan fingerprint density at radius 2 is 2.15 bits per heavy atom. The van der Waals surface area contributed by atoms with Gasteiger partial charge in [0.1, 0.15) is 5.82 Å². The third-order valence-corrected chi connectivity index (χ3v) is 2.98. The van der Waals surface area contributed by atoms with Gasteiger partial charge in [-0.25, -0.2) is 4.98 Å². The molecule has 1 fully saturated rings. The van der Waals surface area contributed by atoms with Gasteiger partial charge in [0.25, 0.3) is 0 Å². The Morgan fingerprint density at radius 1 is 1.35 bits per heavy atom. The summed E-state index contributed by atoms with van der Waals surface area (Å²) in [6.07, 6.45) is 2.14. The van der Waals surface area contributed by atoms with Gasteiger partial charge < -0.3 is 16.0 Å². The molecule has 3 amide bonds. The van der Waals surface area contributed by atoms with E-state index in [1.54, 1.807) is 6.07 Å². The van der Waals surface area contributed by atoms with E-state index < -0.39 is 11.8 Å². The Labute approximate surface area is 120 Å². The summed E-state index contributed by atoms with van der Waals surface area (Å²) in [7, 11) is 0. The van der Waals surface area contributed by atoms with E-state index in [0.717, 1.165) is 0 Å². The zero-order valence-corrected chi connectivity index (χ0v) is 11.2. The van der Waals surface area contributed by atoms with Gasteiger partial charge in [0.05, 0.1) is 5.02 Å². The number of aromatic nitrogens is 1. The molecule has 0 spiro atoms. The number of carbonyl (C=O) groups is 3. The number of amides is 3. The second kappa shape index (κ2) is 6.33. The monoisotopic (exact) mass is 296 g/mol. The molecule has 0 aromatic carbocycles. The van der Waals surface area contributed by atoms with Gasteiger partial charge in [-0.05, 0) is 18.6 Å². The highest BCUT2D eigenvalue weighted by atomic mass is 35.5. The Kier molecular flexibility index (Phi) is 4.52. The molecule has 1 aromatic rings. The molecule has 0 saturated carbocycles. The second-order valence-electron chi connectivity index (χ2n) is 4.33. The van der Waals surface area contributed by atoms with Crippen LogP contribution in [-0.4, -0.2) is 35.3 Å². The SMILES string of the molecule is O=C1CC(NC(=O)C(=O)Nc2ccc(Cl)cn2)CCN1. The molecule has 1 unspecified atom stereocenters. The van der Waals surface area contributed by atoms with Crippen LogP contribution in [0.15, 0.2) is 18.3 Å². The number of anilines is 1. The van der Waals surface area contributed by atoms with Crippen LogP contribution in [0.4, 0.5) is 5.82 Å². The van der Waals surface area contributed by atoms with Crippen molar-refractivity contribution in [2.45, 2.75) is 18.9 Å². The second-order valence-corrected chi connectivity index (χ2v) is 4.77. The fourth-order valence-electron chi connectivity index (χ4n) is 1.78. The summed E-state index contributed by atoms with van der Waals surface area (Å²) in [5, 5.41) is 7.94. The van der Waals surface area contributed by atoms with Gasteiger partial charge in [-0.2, -0.15) is 0 Å². The quantitative estimate of drug-likeness (QED) is 0.672. The molecular formula is C12H13ClN4O3. The lowest BCUT2D eigenvalue weighted by molar-refractivity contribution is -0.137. The molecule has 1 aliphatic rings. The molecule has 0 bridgehead atoms. The molecule has 2 rings (SSSR count). The number of rotatable bonds is 2. The van der Waals surface area contributed by atoms with Crippen molar-refractivity contribution in [2.75, 3.05) is 11.9 Å². The first-order valence-corrected chi connectivity index (χ1v) is 6.42. The van der Waals surface area contributed by atoms with Crippen LogP contribution in [0.25, 0.3) is 0 Å². The third-order valence-electron chi connectivity index (χ3n) is 2.76. The molecule has 0 radical (unpaired) electrons. The van der Waals surface area contributed by atoms with E-state index in [4.69, 9.17) is 11.6 Å². The van der Waals surface area contributed by atoms with Crippen LogP contribution in [0.5, 0.6) is 0 Å². The summed E-state index contributed by atoms with van der Waals surface area (Å²) in [5.41, 5.74) is 0. The molecule has 1 aliphatic heterocycles. The van der Waals surface area contributed by atoms with E-state index in [0.29, 0.717) is 18.0 Å². The molecule has 1 saturated heterocycles. The smallest absolute Gasteiger partial charge is 0.314 e. The number of hydrogen-bond donors (Lipinski definition) is 3. The fraction of sp³-hybridized carbons (Fsp3) is 0.333. The summed E-state index contributed by atoms with van der Waals surface area (Å²) < 4.78 is 0. The van der Waals surface area contributed by atoms with Crippen molar-refractivity contribution < 1.29 is 14.4 Å². The minimum Gasteiger partial charge on any atom is -0.356 e. The predicted molar refractivity (Wildman–Crippen MR) is 72.1 cm³/mol. The molecule has 20 heavy (non-hydrogen) atoms. The lowest BCUT2D eigenvalue weighted by Gasteiger charge is -2.22. The number of halogens is 1. The first-order valence-electron chi connectivity index (χ1n) is 6.04. The lowest BCUT2D eigenvalue weighted by atomic mass is 10.1. The number of pyridine rings is 1. The number of hydrogen-bond acceptors (Lipinski definition) is 4. The molecular weight excluding hydrogens is 284 g/mol. The lowest BCUT2D eigenvalue weighted by Crippen LogP contribution is -2.48. The Bertz CT molecular complexity index is 532. The van der Waals surface area contributed by atoms with Crippen LogP contribution in [0.2, 0.25) is 5.02 Å². The number of nitrogens with one attached hydrogen (secondary N) is 3. The zero-order valence-electron chi connectivity index (χ0n) is 10.5. The zero-order chi connectivity index (χ0) is 14.5. The molecule has 106 valence electrons. The van der Waals surface area contributed by atoms with E-state index in [9.17, 15) is 14.4 Å². The molecule has 8 heteroatoms. The van der Waals surface area contributed by atoms with Gasteiger partial charge in [-0.1, -0.05) is 11.6 Å². The number of carbonyl (C=O) groups excluding carboxylic acids is 3. The van der Waals surface area contributed by atoms with Gasteiger partial charge >= 0.3 is 11.8 Å². The van der Waals surface area contributed by atoms with Crippen molar-refractivity contribution >= 4 is 35.1 Å². The maximum Gasteiger partial charge on any atom is 0.314 e. The molecule has 1 atom stereocenters. The van der Waals surface area contributed by atoms with Crippen LogP contribution in [0.3, 0.4) is 0 Å². The van der Waals surface area contributed by atoms with Crippen molar-refractivity contribution in [3.05, 3.63) is 23.4 Å². The number of piperidine rings is 1. The summed E-state index contributed by atoms with van der Waals surface area (Å²) in [5.74, 6) is -1.52. The number of nitrogens with zero attached hydrogens (tertiary/aromatic N) is 1. The molecule has 2 heterocycles. The summed E-state index contributed by atoms with van der Waals surface area (Å²) in [6.45, 7) is 0.490. The van der Waals surface area contributed by atoms with Crippen LogP contribution >= 0.6 is 11.6 Å². The van der Waals surface area contributed by atoms with Gasteiger partial charge in [-0.3, -0.25) is 14.4 Å². The van der Waals surface area contributed by atoms with Crippen LogP contribution in [0.1, 0.15) is 12.8 Å². The Balaban J connectivity index is 1.87. The van der Waals surface area contributed by atoms with Crippen molar-refractivity contribution in [3.8, 4) is 0 Å². The van der Waals surface area contributed by atoms with Crippen molar-refractivity contribution in [3.63, 3.8) is 0 Å². The molecule has 1 aromatic heterocycles. The van der Waals surface area contributed by atoms with E-state index in [2.05, 4.69) is 20.9 Å². The fourth-order valence-corrected chi connectivity index (χ4v) is 1.89. The highest BCUT2D eigenvalue weighted by Gasteiger charge is 2.23. The topological polar surface area (TPSA) is 100 Å².